The minimum Gasteiger partial charge on any atom is -0.379 e. The van der Waals surface area contributed by atoms with Crippen molar-refractivity contribution in [2.45, 2.75) is 6.54 Å². The molecule has 3 aromatic carbocycles. The highest BCUT2D eigenvalue weighted by atomic mass is 79.9. The van der Waals surface area contributed by atoms with Crippen molar-refractivity contribution < 1.29 is 0 Å². The molecule has 0 unspecified atom stereocenters. The molecule has 0 bridgehead atoms. The molecule has 0 heterocycles. The van der Waals surface area contributed by atoms with Crippen molar-refractivity contribution in [3.63, 3.8) is 0 Å². The largest absolute Gasteiger partial charge is 0.379 e. The zero-order valence-corrected chi connectivity index (χ0v) is 14.1. The maximum atomic E-state index is 6.24. The summed E-state index contributed by atoms with van der Waals surface area (Å²) in [6, 6.07) is 18.3. The highest BCUT2D eigenvalue weighted by Gasteiger charge is 2.08. The first-order chi connectivity index (χ1) is 10.1. The van der Waals surface area contributed by atoms with E-state index in [-0.39, 0.29) is 0 Å². The van der Waals surface area contributed by atoms with E-state index < -0.39 is 0 Å². The third-order valence-corrected chi connectivity index (χ3v) is 4.40. The van der Waals surface area contributed by atoms with Gasteiger partial charge in [-0.3, -0.25) is 0 Å². The van der Waals surface area contributed by atoms with Gasteiger partial charge in [-0.2, -0.15) is 0 Å². The number of fused-ring (bicyclic) bond motifs is 1. The van der Waals surface area contributed by atoms with Crippen LogP contribution in [0.1, 0.15) is 5.56 Å². The van der Waals surface area contributed by atoms with Gasteiger partial charge in [0.2, 0.25) is 0 Å². The monoisotopic (exact) mass is 379 g/mol. The zero-order chi connectivity index (χ0) is 14.8. The minimum absolute atomic E-state index is 0.606. The molecule has 21 heavy (non-hydrogen) atoms. The van der Waals surface area contributed by atoms with Crippen molar-refractivity contribution in [1.82, 2.24) is 0 Å². The number of benzene rings is 3. The average Bonchev–Trinajstić information content (AvgIpc) is 2.46. The molecule has 0 fully saturated rings. The third kappa shape index (κ3) is 3.18. The molecule has 0 radical (unpaired) electrons. The van der Waals surface area contributed by atoms with Gasteiger partial charge in [-0.25, -0.2) is 0 Å². The summed E-state index contributed by atoms with van der Waals surface area (Å²) in [6.45, 7) is 0.669. The standard InChI is InChI=1S/C17H12BrCl2N/c18-13-8-15(19)17(16(20)9-13)21-10-12-6-3-5-11-4-1-2-7-14(11)12/h1-9,21H,10H2. The second-order valence-electron chi connectivity index (χ2n) is 4.74. The molecule has 0 amide bonds. The molecule has 0 saturated heterocycles. The predicted octanol–water partition coefficient (Wildman–Crippen LogP) is 6.52. The molecule has 3 aromatic rings. The number of halogens is 3. The van der Waals surface area contributed by atoms with E-state index in [0.717, 1.165) is 10.2 Å². The number of anilines is 1. The van der Waals surface area contributed by atoms with Gasteiger partial charge in [-0.05, 0) is 28.5 Å². The normalized spacial score (nSPS) is 10.8. The first kappa shape index (κ1) is 14.7. The molecule has 0 saturated carbocycles. The third-order valence-electron chi connectivity index (χ3n) is 3.34. The van der Waals surface area contributed by atoms with Gasteiger partial charge < -0.3 is 5.32 Å². The summed E-state index contributed by atoms with van der Waals surface area (Å²) in [5.74, 6) is 0. The van der Waals surface area contributed by atoms with E-state index in [1.165, 1.54) is 16.3 Å². The minimum atomic E-state index is 0.606. The van der Waals surface area contributed by atoms with Crippen LogP contribution in [0.3, 0.4) is 0 Å². The van der Waals surface area contributed by atoms with Gasteiger partial charge in [0.25, 0.3) is 0 Å². The van der Waals surface area contributed by atoms with Crippen LogP contribution in [-0.2, 0) is 6.54 Å². The second-order valence-corrected chi connectivity index (χ2v) is 6.47. The van der Waals surface area contributed by atoms with Crippen LogP contribution in [0.15, 0.2) is 59.1 Å². The Hall–Kier alpha value is -1.22. The lowest BCUT2D eigenvalue weighted by Crippen LogP contribution is -2.01. The molecular weight excluding hydrogens is 369 g/mol. The molecule has 0 atom stereocenters. The van der Waals surface area contributed by atoms with E-state index in [0.29, 0.717) is 16.6 Å². The fourth-order valence-electron chi connectivity index (χ4n) is 2.34. The first-order valence-corrected chi connectivity index (χ1v) is 8.05. The Balaban J connectivity index is 1.91. The molecule has 0 aliphatic heterocycles. The number of hydrogen-bond acceptors (Lipinski definition) is 1. The molecular formula is C17H12BrCl2N. The summed E-state index contributed by atoms with van der Waals surface area (Å²) in [4.78, 5) is 0. The molecule has 0 aliphatic carbocycles. The van der Waals surface area contributed by atoms with Crippen molar-refractivity contribution >= 4 is 55.6 Å². The maximum absolute atomic E-state index is 6.24. The lowest BCUT2D eigenvalue weighted by molar-refractivity contribution is 1.17. The summed E-state index contributed by atoms with van der Waals surface area (Å²) in [5, 5.41) is 7.00. The Morgan fingerprint density at radius 3 is 2.33 bits per heavy atom. The second kappa shape index (κ2) is 6.27. The smallest absolute Gasteiger partial charge is 0.0722 e. The van der Waals surface area contributed by atoms with E-state index in [9.17, 15) is 0 Å². The topological polar surface area (TPSA) is 12.0 Å². The van der Waals surface area contributed by atoms with Crippen LogP contribution in [0.25, 0.3) is 10.8 Å². The Labute approximate surface area is 142 Å². The fourth-order valence-corrected chi connectivity index (χ4v) is 3.68. The molecule has 0 spiro atoms. The Morgan fingerprint density at radius 2 is 1.57 bits per heavy atom. The van der Waals surface area contributed by atoms with Gasteiger partial charge in [-0.1, -0.05) is 81.6 Å². The van der Waals surface area contributed by atoms with E-state index in [4.69, 9.17) is 23.2 Å². The van der Waals surface area contributed by atoms with Crippen LogP contribution in [0, 0.1) is 0 Å². The Morgan fingerprint density at radius 1 is 0.905 bits per heavy atom. The summed E-state index contributed by atoms with van der Waals surface area (Å²) in [7, 11) is 0. The average molecular weight is 381 g/mol. The van der Waals surface area contributed by atoms with E-state index in [1.54, 1.807) is 0 Å². The molecule has 4 heteroatoms. The quantitative estimate of drug-likeness (QED) is 0.545. The van der Waals surface area contributed by atoms with Crippen LogP contribution in [0.4, 0.5) is 5.69 Å². The van der Waals surface area contributed by atoms with Gasteiger partial charge in [0.1, 0.15) is 0 Å². The fraction of sp³-hybridized carbons (Fsp3) is 0.0588. The Kier molecular flexibility index (Phi) is 4.39. The number of rotatable bonds is 3. The van der Waals surface area contributed by atoms with Crippen molar-refractivity contribution in [3.05, 3.63) is 74.7 Å². The van der Waals surface area contributed by atoms with Gasteiger partial charge >= 0.3 is 0 Å². The van der Waals surface area contributed by atoms with E-state index in [2.05, 4.69) is 51.6 Å². The number of nitrogens with one attached hydrogen (secondary N) is 1. The molecule has 106 valence electrons. The molecule has 3 rings (SSSR count). The van der Waals surface area contributed by atoms with Crippen molar-refractivity contribution in [2.75, 3.05) is 5.32 Å². The summed E-state index contributed by atoms with van der Waals surface area (Å²) in [6.07, 6.45) is 0. The SMILES string of the molecule is Clc1cc(Br)cc(Cl)c1NCc1cccc2ccccc12. The van der Waals surface area contributed by atoms with E-state index in [1.807, 2.05) is 24.3 Å². The van der Waals surface area contributed by atoms with Gasteiger partial charge in [0, 0.05) is 11.0 Å². The maximum Gasteiger partial charge on any atom is 0.0722 e. The molecule has 0 aliphatic rings. The van der Waals surface area contributed by atoms with Crippen LogP contribution in [-0.4, -0.2) is 0 Å². The highest BCUT2D eigenvalue weighted by molar-refractivity contribution is 9.10. The van der Waals surface area contributed by atoms with Crippen LogP contribution < -0.4 is 5.32 Å². The summed E-state index contributed by atoms with van der Waals surface area (Å²) in [5.41, 5.74) is 1.97. The van der Waals surface area contributed by atoms with Gasteiger partial charge in [0.15, 0.2) is 0 Å². The molecule has 0 aromatic heterocycles. The van der Waals surface area contributed by atoms with Crippen molar-refractivity contribution in [2.24, 2.45) is 0 Å². The van der Waals surface area contributed by atoms with Crippen molar-refractivity contribution in [3.8, 4) is 0 Å². The van der Waals surface area contributed by atoms with Crippen molar-refractivity contribution in [1.29, 1.82) is 0 Å². The summed E-state index contributed by atoms with van der Waals surface area (Å²) >= 11 is 15.9. The zero-order valence-electron chi connectivity index (χ0n) is 11.0. The van der Waals surface area contributed by atoms with Crippen LogP contribution in [0.2, 0.25) is 10.0 Å². The lowest BCUT2D eigenvalue weighted by Gasteiger charge is -2.12. The predicted molar refractivity (Wildman–Crippen MR) is 95.4 cm³/mol. The Bertz CT molecular complexity index is 773. The molecule has 1 N–H and O–H groups in total. The first-order valence-electron chi connectivity index (χ1n) is 6.50. The van der Waals surface area contributed by atoms with Crippen LogP contribution in [0.5, 0.6) is 0 Å². The number of hydrogen-bond donors (Lipinski definition) is 1. The van der Waals surface area contributed by atoms with E-state index >= 15 is 0 Å². The summed E-state index contributed by atoms with van der Waals surface area (Å²) < 4.78 is 0.869. The molecule has 1 nitrogen and oxygen atoms in total. The van der Waals surface area contributed by atoms with Gasteiger partial charge in [-0.15, -0.1) is 0 Å². The highest BCUT2D eigenvalue weighted by Crippen LogP contribution is 2.34. The van der Waals surface area contributed by atoms with Gasteiger partial charge in [0.05, 0.1) is 15.7 Å². The lowest BCUT2D eigenvalue weighted by atomic mass is 10.0. The van der Waals surface area contributed by atoms with Crippen LogP contribution >= 0.6 is 39.1 Å².